The van der Waals surface area contributed by atoms with Gasteiger partial charge in [0.05, 0.1) is 5.56 Å². The number of carbonyl (C=O) groups excluding carboxylic acids is 1. The van der Waals surface area contributed by atoms with Crippen LogP contribution in [0.3, 0.4) is 0 Å². The summed E-state index contributed by atoms with van der Waals surface area (Å²) in [6, 6.07) is 4.96. The molecule has 1 aromatic carbocycles. The zero-order valence-corrected chi connectivity index (χ0v) is 8.37. The molecule has 1 rings (SSSR count). The summed E-state index contributed by atoms with van der Waals surface area (Å²) in [6.45, 7) is 3.79. The lowest BCUT2D eigenvalue weighted by molar-refractivity contribution is 0.0944. The van der Waals surface area contributed by atoms with Gasteiger partial charge in [-0.25, -0.2) is 0 Å². The van der Waals surface area contributed by atoms with E-state index in [9.17, 15) is 4.79 Å². The van der Waals surface area contributed by atoms with Crippen molar-refractivity contribution in [1.82, 2.24) is 5.32 Å². The van der Waals surface area contributed by atoms with E-state index in [1.54, 1.807) is 18.2 Å². The van der Waals surface area contributed by atoms with Gasteiger partial charge in [0, 0.05) is 17.4 Å². The number of hydrogen-bond acceptors (Lipinski definition) is 3. The molecule has 0 aliphatic carbocycles. The first kappa shape index (κ1) is 10.4. The van der Waals surface area contributed by atoms with Gasteiger partial charge in [-0.05, 0) is 32.0 Å². The van der Waals surface area contributed by atoms with Gasteiger partial charge >= 0.3 is 0 Å². The van der Waals surface area contributed by atoms with Crippen molar-refractivity contribution < 1.29 is 4.79 Å². The lowest BCUT2D eigenvalue weighted by atomic mass is 10.1. The summed E-state index contributed by atoms with van der Waals surface area (Å²) in [5, 5.41) is 2.76. The van der Waals surface area contributed by atoms with Crippen molar-refractivity contribution in [3.8, 4) is 0 Å². The highest BCUT2D eigenvalue weighted by Crippen LogP contribution is 2.15. The third kappa shape index (κ3) is 2.39. The maximum absolute atomic E-state index is 11.6. The average molecular weight is 193 g/mol. The highest BCUT2D eigenvalue weighted by molar-refractivity contribution is 5.99. The van der Waals surface area contributed by atoms with E-state index in [4.69, 9.17) is 11.5 Å². The number of anilines is 2. The van der Waals surface area contributed by atoms with Gasteiger partial charge in [0.2, 0.25) is 0 Å². The van der Waals surface area contributed by atoms with E-state index in [0.29, 0.717) is 16.9 Å². The van der Waals surface area contributed by atoms with E-state index in [0.717, 1.165) is 0 Å². The molecule has 0 unspecified atom stereocenters. The van der Waals surface area contributed by atoms with Crippen molar-refractivity contribution in [2.24, 2.45) is 0 Å². The fraction of sp³-hybridized carbons (Fsp3) is 0.300. The van der Waals surface area contributed by atoms with Gasteiger partial charge in [-0.15, -0.1) is 0 Å². The first-order valence-corrected chi connectivity index (χ1v) is 4.46. The molecule has 14 heavy (non-hydrogen) atoms. The number of nitrogens with two attached hydrogens (primary N) is 2. The SMILES string of the molecule is CC(C)NC(=O)c1ccc(N)cc1N. The number of carbonyl (C=O) groups is 1. The number of amides is 1. The molecule has 0 saturated heterocycles. The molecule has 0 atom stereocenters. The maximum Gasteiger partial charge on any atom is 0.253 e. The van der Waals surface area contributed by atoms with Crippen LogP contribution in [0.25, 0.3) is 0 Å². The molecule has 0 bridgehead atoms. The second-order valence-electron chi connectivity index (χ2n) is 3.47. The number of rotatable bonds is 2. The third-order valence-corrected chi connectivity index (χ3v) is 1.74. The van der Waals surface area contributed by atoms with E-state index in [1.807, 2.05) is 13.8 Å². The molecule has 0 aromatic heterocycles. The Hall–Kier alpha value is -1.71. The predicted molar refractivity (Wildman–Crippen MR) is 57.9 cm³/mol. The maximum atomic E-state index is 11.6. The highest BCUT2D eigenvalue weighted by atomic mass is 16.1. The summed E-state index contributed by atoms with van der Waals surface area (Å²) < 4.78 is 0. The Morgan fingerprint density at radius 1 is 1.36 bits per heavy atom. The molecule has 76 valence electrons. The van der Waals surface area contributed by atoms with Crippen molar-refractivity contribution in [1.29, 1.82) is 0 Å². The van der Waals surface area contributed by atoms with Crippen molar-refractivity contribution in [2.75, 3.05) is 11.5 Å². The van der Waals surface area contributed by atoms with Crippen LogP contribution >= 0.6 is 0 Å². The van der Waals surface area contributed by atoms with Crippen LogP contribution in [0.4, 0.5) is 11.4 Å². The molecule has 0 spiro atoms. The third-order valence-electron chi connectivity index (χ3n) is 1.74. The standard InChI is InChI=1S/C10H15N3O/c1-6(2)13-10(14)8-4-3-7(11)5-9(8)12/h3-6H,11-12H2,1-2H3,(H,13,14). The van der Waals surface area contributed by atoms with Crippen LogP contribution < -0.4 is 16.8 Å². The zero-order chi connectivity index (χ0) is 10.7. The molecular formula is C10H15N3O. The van der Waals surface area contributed by atoms with E-state index in [-0.39, 0.29) is 11.9 Å². The normalized spacial score (nSPS) is 10.2. The van der Waals surface area contributed by atoms with Crippen LogP contribution in [-0.2, 0) is 0 Å². The Labute approximate surface area is 83.3 Å². The average Bonchev–Trinajstić information content (AvgIpc) is 2.01. The van der Waals surface area contributed by atoms with Gasteiger partial charge in [0.25, 0.3) is 5.91 Å². The monoisotopic (exact) mass is 193 g/mol. The van der Waals surface area contributed by atoms with Crippen molar-refractivity contribution in [2.45, 2.75) is 19.9 Å². The van der Waals surface area contributed by atoms with E-state index in [1.165, 1.54) is 0 Å². The van der Waals surface area contributed by atoms with Crippen LogP contribution in [0.5, 0.6) is 0 Å². The van der Waals surface area contributed by atoms with E-state index >= 15 is 0 Å². The molecule has 0 saturated carbocycles. The quantitative estimate of drug-likeness (QED) is 0.612. The summed E-state index contributed by atoms with van der Waals surface area (Å²) in [4.78, 5) is 11.6. The van der Waals surface area contributed by atoms with E-state index in [2.05, 4.69) is 5.32 Å². The minimum Gasteiger partial charge on any atom is -0.399 e. The van der Waals surface area contributed by atoms with Crippen LogP contribution in [0.1, 0.15) is 24.2 Å². The smallest absolute Gasteiger partial charge is 0.253 e. The topological polar surface area (TPSA) is 81.1 Å². The molecular weight excluding hydrogens is 178 g/mol. The number of benzene rings is 1. The van der Waals surface area contributed by atoms with Gasteiger partial charge in [-0.1, -0.05) is 0 Å². The molecule has 1 aromatic rings. The second kappa shape index (κ2) is 4.00. The fourth-order valence-corrected chi connectivity index (χ4v) is 1.13. The first-order valence-electron chi connectivity index (χ1n) is 4.46. The molecule has 1 amide bonds. The van der Waals surface area contributed by atoms with Crippen LogP contribution in [0.2, 0.25) is 0 Å². The first-order chi connectivity index (χ1) is 6.50. The zero-order valence-electron chi connectivity index (χ0n) is 8.37. The van der Waals surface area contributed by atoms with Gasteiger partial charge in [0.1, 0.15) is 0 Å². The second-order valence-corrected chi connectivity index (χ2v) is 3.47. The summed E-state index contributed by atoms with van der Waals surface area (Å²) in [5.74, 6) is -0.169. The Bertz CT molecular complexity index is 347. The molecule has 0 fully saturated rings. The van der Waals surface area contributed by atoms with Gasteiger partial charge < -0.3 is 16.8 Å². The highest BCUT2D eigenvalue weighted by Gasteiger charge is 2.09. The van der Waals surface area contributed by atoms with Crippen LogP contribution in [0, 0.1) is 0 Å². The van der Waals surface area contributed by atoms with Gasteiger partial charge in [0.15, 0.2) is 0 Å². The lowest BCUT2D eigenvalue weighted by Crippen LogP contribution is -2.30. The Balaban J connectivity index is 2.90. The van der Waals surface area contributed by atoms with Crippen LogP contribution in [-0.4, -0.2) is 11.9 Å². The molecule has 0 radical (unpaired) electrons. The van der Waals surface area contributed by atoms with Gasteiger partial charge in [-0.3, -0.25) is 4.79 Å². The Morgan fingerprint density at radius 2 is 2.00 bits per heavy atom. The largest absolute Gasteiger partial charge is 0.399 e. The fourth-order valence-electron chi connectivity index (χ4n) is 1.13. The number of hydrogen-bond donors (Lipinski definition) is 3. The molecule has 5 N–H and O–H groups in total. The number of nitrogens with one attached hydrogen (secondary N) is 1. The van der Waals surface area contributed by atoms with Crippen molar-refractivity contribution >= 4 is 17.3 Å². The Morgan fingerprint density at radius 3 is 2.50 bits per heavy atom. The molecule has 0 aliphatic heterocycles. The summed E-state index contributed by atoms with van der Waals surface area (Å²) in [6.07, 6.45) is 0. The number of nitrogen functional groups attached to an aromatic ring is 2. The molecule has 0 heterocycles. The Kier molecular flexibility index (Phi) is 2.96. The van der Waals surface area contributed by atoms with Crippen molar-refractivity contribution in [3.63, 3.8) is 0 Å². The molecule has 4 nitrogen and oxygen atoms in total. The minimum absolute atomic E-state index is 0.0967. The van der Waals surface area contributed by atoms with Crippen molar-refractivity contribution in [3.05, 3.63) is 23.8 Å². The molecule has 4 heteroatoms. The molecule has 0 aliphatic rings. The predicted octanol–water partition coefficient (Wildman–Crippen LogP) is 0.989. The minimum atomic E-state index is -0.169. The summed E-state index contributed by atoms with van der Waals surface area (Å²) in [5.41, 5.74) is 12.6. The van der Waals surface area contributed by atoms with Gasteiger partial charge in [-0.2, -0.15) is 0 Å². The lowest BCUT2D eigenvalue weighted by Gasteiger charge is -2.10. The summed E-state index contributed by atoms with van der Waals surface area (Å²) in [7, 11) is 0. The van der Waals surface area contributed by atoms with E-state index < -0.39 is 0 Å². The van der Waals surface area contributed by atoms with Crippen LogP contribution in [0.15, 0.2) is 18.2 Å². The summed E-state index contributed by atoms with van der Waals surface area (Å²) >= 11 is 0.